The van der Waals surface area contributed by atoms with Crippen molar-refractivity contribution >= 4 is 33.2 Å². The van der Waals surface area contributed by atoms with Crippen molar-refractivity contribution in [2.45, 2.75) is 32.8 Å². The Hall–Kier alpha value is -2.13. The van der Waals surface area contributed by atoms with Gasteiger partial charge in [-0.1, -0.05) is 18.0 Å². The SMILES string of the molecule is Cc1cc(Cl)cc(-c2ccnc3cc(CO)sc23)c1OCC1(C#N)CCC1. The fourth-order valence-electron chi connectivity index (χ4n) is 3.50. The van der Waals surface area contributed by atoms with Gasteiger partial charge in [-0.15, -0.1) is 11.3 Å². The molecule has 4 nitrogen and oxygen atoms in total. The molecule has 1 aliphatic rings. The average Bonchev–Trinajstić information content (AvgIpc) is 3.05. The molecule has 3 aromatic rings. The average molecular weight is 399 g/mol. The van der Waals surface area contributed by atoms with E-state index in [4.69, 9.17) is 16.3 Å². The van der Waals surface area contributed by atoms with E-state index in [0.29, 0.717) is 11.6 Å². The summed E-state index contributed by atoms with van der Waals surface area (Å²) in [5, 5.41) is 19.6. The molecule has 4 rings (SSSR count). The standard InChI is InChI=1S/C21H19ClN2O2S/c1-13-7-14(22)8-17(19(13)26-12-21(11-23)4-2-5-21)16-3-6-24-18-9-15(10-25)27-20(16)18/h3,6-9,25H,2,4-5,10,12H2,1H3. The van der Waals surface area contributed by atoms with E-state index in [9.17, 15) is 10.4 Å². The van der Waals surface area contributed by atoms with E-state index >= 15 is 0 Å². The third-order valence-corrected chi connectivity index (χ3v) is 6.55. The smallest absolute Gasteiger partial charge is 0.130 e. The predicted octanol–water partition coefficient (Wildman–Crippen LogP) is 5.49. The molecule has 0 spiro atoms. The summed E-state index contributed by atoms with van der Waals surface area (Å²) in [7, 11) is 0. The van der Waals surface area contributed by atoms with E-state index in [-0.39, 0.29) is 12.0 Å². The first-order valence-electron chi connectivity index (χ1n) is 8.88. The minimum atomic E-state index is -0.371. The van der Waals surface area contributed by atoms with Gasteiger partial charge in [-0.3, -0.25) is 4.98 Å². The van der Waals surface area contributed by atoms with E-state index in [1.54, 1.807) is 6.20 Å². The Bertz CT molecular complexity index is 1050. The summed E-state index contributed by atoms with van der Waals surface area (Å²) >= 11 is 7.87. The van der Waals surface area contributed by atoms with Crippen molar-refractivity contribution in [2.75, 3.05) is 6.61 Å². The van der Waals surface area contributed by atoms with Crippen LogP contribution in [0.5, 0.6) is 5.75 Å². The second-order valence-corrected chi connectivity index (χ2v) is 8.65. The number of halogens is 1. The van der Waals surface area contributed by atoms with Gasteiger partial charge in [-0.05, 0) is 49.6 Å². The highest BCUT2D eigenvalue weighted by Gasteiger charge is 2.38. The molecule has 0 radical (unpaired) electrons. The zero-order valence-electron chi connectivity index (χ0n) is 15.0. The van der Waals surface area contributed by atoms with Crippen LogP contribution in [0, 0.1) is 23.7 Å². The molecular formula is C21H19ClN2O2S. The lowest BCUT2D eigenvalue weighted by Crippen LogP contribution is -2.34. The lowest BCUT2D eigenvalue weighted by atomic mass is 9.71. The van der Waals surface area contributed by atoms with Gasteiger partial charge in [0, 0.05) is 27.2 Å². The Kier molecular flexibility index (Phi) is 4.81. The molecule has 0 aliphatic heterocycles. The number of thiophene rings is 1. The first-order valence-corrected chi connectivity index (χ1v) is 10.1. The fraction of sp³-hybridized carbons (Fsp3) is 0.333. The fourth-order valence-corrected chi connectivity index (χ4v) is 4.78. The van der Waals surface area contributed by atoms with E-state index < -0.39 is 0 Å². The molecule has 27 heavy (non-hydrogen) atoms. The summed E-state index contributed by atoms with van der Waals surface area (Å²) in [6, 6.07) is 10.1. The lowest BCUT2D eigenvalue weighted by Gasteiger charge is -2.35. The Morgan fingerprint density at radius 1 is 1.33 bits per heavy atom. The van der Waals surface area contributed by atoms with Crippen molar-refractivity contribution in [3.8, 4) is 22.9 Å². The molecule has 138 valence electrons. The highest BCUT2D eigenvalue weighted by molar-refractivity contribution is 7.19. The van der Waals surface area contributed by atoms with E-state index in [1.807, 2.05) is 31.2 Å². The van der Waals surface area contributed by atoms with Crippen LogP contribution < -0.4 is 4.74 Å². The molecule has 1 aliphatic carbocycles. The molecule has 0 saturated heterocycles. The molecule has 1 saturated carbocycles. The van der Waals surface area contributed by atoms with Crippen LogP contribution in [-0.4, -0.2) is 16.7 Å². The van der Waals surface area contributed by atoms with Crippen molar-refractivity contribution in [3.05, 3.63) is 45.9 Å². The number of fused-ring (bicyclic) bond motifs is 1. The van der Waals surface area contributed by atoms with Crippen LogP contribution in [0.25, 0.3) is 21.3 Å². The molecule has 6 heteroatoms. The zero-order chi connectivity index (χ0) is 19.0. The number of aliphatic hydroxyl groups is 1. The third-order valence-electron chi connectivity index (χ3n) is 5.19. The van der Waals surface area contributed by atoms with Crippen LogP contribution in [0.4, 0.5) is 0 Å². The number of hydrogen-bond donors (Lipinski definition) is 1. The van der Waals surface area contributed by atoms with Crippen LogP contribution in [0.2, 0.25) is 5.02 Å². The quantitative estimate of drug-likeness (QED) is 0.617. The van der Waals surface area contributed by atoms with Gasteiger partial charge >= 0.3 is 0 Å². The number of ether oxygens (including phenoxy) is 1. The van der Waals surface area contributed by atoms with Gasteiger partial charge in [0.25, 0.3) is 0 Å². The second kappa shape index (κ2) is 7.12. The monoisotopic (exact) mass is 398 g/mol. The molecule has 1 N–H and O–H groups in total. The molecule has 0 amide bonds. The maximum absolute atomic E-state index is 9.50. The van der Waals surface area contributed by atoms with Gasteiger partial charge in [-0.2, -0.15) is 5.26 Å². The Balaban J connectivity index is 1.81. The number of aryl methyl sites for hydroxylation is 1. The summed E-state index contributed by atoms with van der Waals surface area (Å²) in [6.45, 7) is 2.35. The van der Waals surface area contributed by atoms with E-state index in [2.05, 4.69) is 11.1 Å². The van der Waals surface area contributed by atoms with Crippen LogP contribution in [0.1, 0.15) is 29.7 Å². The number of nitrogens with zero attached hydrogens (tertiary/aromatic N) is 2. The maximum atomic E-state index is 9.50. The summed E-state index contributed by atoms with van der Waals surface area (Å²) in [5.74, 6) is 0.757. The van der Waals surface area contributed by atoms with Crippen LogP contribution >= 0.6 is 22.9 Å². The van der Waals surface area contributed by atoms with Crippen LogP contribution in [0.15, 0.2) is 30.5 Å². The normalized spacial score (nSPS) is 15.3. The Morgan fingerprint density at radius 2 is 2.15 bits per heavy atom. The predicted molar refractivity (Wildman–Crippen MR) is 108 cm³/mol. The Morgan fingerprint density at radius 3 is 2.81 bits per heavy atom. The minimum Gasteiger partial charge on any atom is -0.491 e. The van der Waals surface area contributed by atoms with Gasteiger partial charge in [0.05, 0.1) is 28.3 Å². The van der Waals surface area contributed by atoms with Crippen LogP contribution in [-0.2, 0) is 6.61 Å². The minimum absolute atomic E-state index is 0.0108. The highest BCUT2D eigenvalue weighted by atomic mass is 35.5. The maximum Gasteiger partial charge on any atom is 0.130 e. The topological polar surface area (TPSA) is 66.1 Å². The Labute approximate surface area is 167 Å². The highest BCUT2D eigenvalue weighted by Crippen LogP contribution is 2.44. The summed E-state index contributed by atoms with van der Waals surface area (Å²) in [6.07, 6.45) is 4.60. The molecule has 0 bridgehead atoms. The molecule has 2 aromatic heterocycles. The van der Waals surface area contributed by atoms with Gasteiger partial charge < -0.3 is 9.84 Å². The first kappa shape index (κ1) is 18.2. The van der Waals surface area contributed by atoms with E-state index in [0.717, 1.165) is 56.8 Å². The van der Waals surface area contributed by atoms with Crippen molar-refractivity contribution in [1.29, 1.82) is 5.26 Å². The van der Waals surface area contributed by atoms with Crippen LogP contribution in [0.3, 0.4) is 0 Å². The number of hydrogen-bond acceptors (Lipinski definition) is 5. The number of nitriles is 1. The van der Waals surface area contributed by atoms with Gasteiger partial charge in [-0.25, -0.2) is 0 Å². The number of pyridine rings is 1. The van der Waals surface area contributed by atoms with Crippen molar-refractivity contribution in [1.82, 2.24) is 4.98 Å². The largest absolute Gasteiger partial charge is 0.491 e. The first-order chi connectivity index (χ1) is 13.0. The molecule has 1 fully saturated rings. The summed E-state index contributed by atoms with van der Waals surface area (Å²) < 4.78 is 7.20. The molecule has 0 atom stereocenters. The number of aromatic nitrogens is 1. The van der Waals surface area contributed by atoms with Crippen molar-refractivity contribution < 1.29 is 9.84 Å². The number of benzene rings is 1. The van der Waals surface area contributed by atoms with Gasteiger partial charge in [0.2, 0.25) is 0 Å². The van der Waals surface area contributed by atoms with Crippen molar-refractivity contribution in [2.24, 2.45) is 5.41 Å². The summed E-state index contributed by atoms with van der Waals surface area (Å²) in [4.78, 5) is 5.28. The molecule has 2 heterocycles. The molecule has 1 aromatic carbocycles. The molecule has 0 unspecified atom stereocenters. The third kappa shape index (κ3) is 3.29. The second-order valence-electron chi connectivity index (χ2n) is 7.08. The number of aliphatic hydroxyl groups excluding tert-OH is 1. The zero-order valence-corrected chi connectivity index (χ0v) is 16.5. The molecular weight excluding hydrogens is 380 g/mol. The van der Waals surface area contributed by atoms with E-state index in [1.165, 1.54) is 11.3 Å². The summed E-state index contributed by atoms with van der Waals surface area (Å²) in [5.41, 5.74) is 3.28. The van der Waals surface area contributed by atoms with Gasteiger partial charge in [0.15, 0.2) is 0 Å². The number of rotatable bonds is 5. The lowest BCUT2D eigenvalue weighted by molar-refractivity contribution is 0.115. The van der Waals surface area contributed by atoms with Gasteiger partial charge in [0.1, 0.15) is 12.4 Å². The van der Waals surface area contributed by atoms with Crippen molar-refractivity contribution in [3.63, 3.8) is 0 Å².